The lowest BCUT2D eigenvalue weighted by Crippen LogP contribution is -2.46. The molecule has 0 saturated carbocycles. The second-order valence-corrected chi connectivity index (χ2v) is 5.96. The minimum atomic E-state index is -0.742. The van der Waals surface area contributed by atoms with Gasteiger partial charge in [-0.15, -0.1) is 0 Å². The molecule has 2 aromatic carbocycles. The molecule has 0 bridgehead atoms. The van der Waals surface area contributed by atoms with E-state index in [2.05, 4.69) is 15.3 Å². The summed E-state index contributed by atoms with van der Waals surface area (Å²) in [6, 6.07) is 16.2. The Bertz CT molecular complexity index is 931. The van der Waals surface area contributed by atoms with Crippen molar-refractivity contribution in [3.05, 3.63) is 67.0 Å². The van der Waals surface area contributed by atoms with Gasteiger partial charge in [0.05, 0.1) is 0 Å². The number of nitrogens with zero attached hydrogens (tertiary/aromatic N) is 2. The first-order chi connectivity index (χ1) is 13.2. The Labute approximate surface area is 155 Å². The predicted molar refractivity (Wildman–Crippen MR) is 98.1 cm³/mol. The van der Waals surface area contributed by atoms with Crippen LogP contribution in [0.4, 0.5) is 5.69 Å². The first-order valence-corrected chi connectivity index (χ1v) is 8.47. The van der Waals surface area contributed by atoms with E-state index < -0.39 is 12.2 Å². The largest absolute Gasteiger partial charge is 0.482 e. The number of fused-ring (bicyclic) bond motifs is 1. The first-order valence-electron chi connectivity index (χ1n) is 8.47. The summed E-state index contributed by atoms with van der Waals surface area (Å²) in [7, 11) is 0. The highest BCUT2D eigenvalue weighted by atomic mass is 16.6. The number of carbonyl (C=O) groups excluding carboxylic acids is 1. The molecule has 1 amide bonds. The summed E-state index contributed by atoms with van der Waals surface area (Å²) in [5.74, 6) is 1.48. The molecule has 2 atom stereocenters. The van der Waals surface area contributed by atoms with E-state index in [1.54, 1.807) is 55.7 Å². The van der Waals surface area contributed by atoms with Crippen molar-refractivity contribution in [2.24, 2.45) is 0 Å². The third-order valence-electron chi connectivity index (χ3n) is 3.97. The van der Waals surface area contributed by atoms with Crippen molar-refractivity contribution in [1.29, 1.82) is 0 Å². The molecule has 136 valence electrons. The zero-order valence-corrected chi connectivity index (χ0v) is 14.5. The van der Waals surface area contributed by atoms with Gasteiger partial charge in [0.2, 0.25) is 6.10 Å². The van der Waals surface area contributed by atoms with E-state index in [1.807, 2.05) is 18.2 Å². The fourth-order valence-corrected chi connectivity index (χ4v) is 2.67. The van der Waals surface area contributed by atoms with Crippen molar-refractivity contribution in [2.45, 2.75) is 19.1 Å². The van der Waals surface area contributed by atoms with Crippen LogP contribution in [0.2, 0.25) is 0 Å². The molecule has 7 nitrogen and oxygen atoms in total. The molecule has 0 saturated heterocycles. The zero-order chi connectivity index (χ0) is 18.6. The number of rotatable bonds is 4. The number of benzene rings is 2. The number of ether oxygens (including phenoxy) is 3. The number of hydrogen-bond donors (Lipinski definition) is 1. The van der Waals surface area contributed by atoms with Crippen LogP contribution in [0, 0.1) is 0 Å². The van der Waals surface area contributed by atoms with Crippen LogP contribution in [0.1, 0.15) is 6.92 Å². The molecule has 7 heteroatoms. The number of anilines is 1. The molecule has 1 N–H and O–H groups in total. The van der Waals surface area contributed by atoms with Crippen molar-refractivity contribution < 1.29 is 19.0 Å². The molecule has 1 aliphatic rings. The molecule has 0 spiro atoms. The standard InChI is InChI=1S/C20H17N3O4/c1-13-18(27-17-6-3-2-5-16(17)25-13)19(24)23-14-7-9-15(10-8-14)26-20-21-11-4-12-22-20/h2-13,18H,1H3,(H,23,24)/t13-,18+/m0/s1. The zero-order valence-electron chi connectivity index (χ0n) is 14.5. The van der Waals surface area contributed by atoms with Crippen molar-refractivity contribution in [3.8, 4) is 23.3 Å². The van der Waals surface area contributed by atoms with Crippen LogP contribution in [-0.4, -0.2) is 28.1 Å². The fraction of sp³-hybridized carbons (Fsp3) is 0.150. The Morgan fingerprint density at radius 2 is 1.63 bits per heavy atom. The van der Waals surface area contributed by atoms with Gasteiger partial charge in [-0.1, -0.05) is 12.1 Å². The fourth-order valence-electron chi connectivity index (χ4n) is 2.67. The maximum absolute atomic E-state index is 12.6. The number of aromatic nitrogens is 2. The van der Waals surface area contributed by atoms with Gasteiger partial charge in [0.15, 0.2) is 11.5 Å². The highest BCUT2D eigenvalue weighted by molar-refractivity contribution is 5.95. The Morgan fingerprint density at radius 1 is 0.963 bits per heavy atom. The number of nitrogens with one attached hydrogen (secondary N) is 1. The minimum absolute atomic E-state index is 0.259. The van der Waals surface area contributed by atoms with Crippen LogP contribution in [0.3, 0.4) is 0 Å². The number of carbonyl (C=O) groups is 1. The molecule has 0 unspecified atom stereocenters. The molecular formula is C20H17N3O4. The van der Waals surface area contributed by atoms with Gasteiger partial charge in [-0.05, 0) is 49.4 Å². The Hall–Kier alpha value is -3.61. The van der Waals surface area contributed by atoms with E-state index in [0.29, 0.717) is 22.9 Å². The number of hydrogen-bond acceptors (Lipinski definition) is 6. The van der Waals surface area contributed by atoms with Crippen LogP contribution in [0.25, 0.3) is 0 Å². The van der Waals surface area contributed by atoms with Gasteiger partial charge in [0.25, 0.3) is 5.91 Å². The second-order valence-electron chi connectivity index (χ2n) is 5.96. The average molecular weight is 363 g/mol. The summed E-state index contributed by atoms with van der Waals surface area (Å²) >= 11 is 0. The third kappa shape index (κ3) is 3.82. The third-order valence-corrected chi connectivity index (χ3v) is 3.97. The predicted octanol–water partition coefficient (Wildman–Crippen LogP) is 3.44. The van der Waals surface area contributed by atoms with Crippen LogP contribution < -0.4 is 19.5 Å². The number of para-hydroxylation sites is 2. The summed E-state index contributed by atoms with van der Waals surface area (Å²) in [6.45, 7) is 1.80. The van der Waals surface area contributed by atoms with E-state index in [1.165, 1.54) is 0 Å². The normalized spacial score (nSPS) is 17.8. The monoisotopic (exact) mass is 363 g/mol. The number of amides is 1. The van der Waals surface area contributed by atoms with Gasteiger partial charge in [-0.25, -0.2) is 9.97 Å². The van der Waals surface area contributed by atoms with Crippen molar-refractivity contribution in [3.63, 3.8) is 0 Å². The lowest BCUT2D eigenvalue weighted by molar-refractivity contribution is -0.128. The molecule has 0 fully saturated rings. The van der Waals surface area contributed by atoms with E-state index >= 15 is 0 Å². The molecule has 2 heterocycles. The van der Waals surface area contributed by atoms with Gasteiger partial charge in [0, 0.05) is 18.1 Å². The Balaban J connectivity index is 1.41. The van der Waals surface area contributed by atoms with Crippen molar-refractivity contribution in [2.75, 3.05) is 5.32 Å². The van der Waals surface area contributed by atoms with Gasteiger partial charge in [-0.2, -0.15) is 0 Å². The summed E-state index contributed by atoms with van der Waals surface area (Å²) in [5.41, 5.74) is 0.621. The topological polar surface area (TPSA) is 82.6 Å². The molecule has 1 aliphatic heterocycles. The summed E-state index contributed by atoms with van der Waals surface area (Å²) in [4.78, 5) is 20.6. The van der Waals surface area contributed by atoms with Gasteiger partial charge in [-0.3, -0.25) is 4.79 Å². The van der Waals surface area contributed by atoms with Crippen LogP contribution in [0.15, 0.2) is 67.0 Å². The molecule has 0 radical (unpaired) electrons. The minimum Gasteiger partial charge on any atom is -0.482 e. The lowest BCUT2D eigenvalue weighted by atomic mass is 10.1. The van der Waals surface area contributed by atoms with E-state index in [0.717, 1.165) is 0 Å². The van der Waals surface area contributed by atoms with Gasteiger partial charge < -0.3 is 19.5 Å². The lowest BCUT2D eigenvalue weighted by Gasteiger charge is -2.31. The Morgan fingerprint density at radius 3 is 2.33 bits per heavy atom. The van der Waals surface area contributed by atoms with Crippen LogP contribution in [0.5, 0.6) is 23.3 Å². The van der Waals surface area contributed by atoms with E-state index in [-0.39, 0.29) is 11.9 Å². The summed E-state index contributed by atoms with van der Waals surface area (Å²) in [6.07, 6.45) is 2.05. The van der Waals surface area contributed by atoms with Crippen LogP contribution in [-0.2, 0) is 4.79 Å². The molecule has 3 aromatic rings. The molecular weight excluding hydrogens is 346 g/mol. The van der Waals surface area contributed by atoms with Gasteiger partial charge in [0.1, 0.15) is 11.9 Å². The highest BCUT2D eigenvalue weighted by Gasteiger charge is 2.34. The molecule has 4 rings (SSSR count). The van der Waals surface area contributed by atoms with E-state index in [4.69, 9.17) is 14.2 Å². The second kappa shape index (κ2) is 7.33. The molecule has 0 aliphatic carbocycles. The maximum atomic E-state index is 12.6. The molecule has 1 aromatic heterocycles. The van der Waals surface area contributed by atoms with E-state index in [9.17, 15) is 4.79 Å². The molecule has 27 heavy (non-hydrogen) atoms. The first kappa shape index (κ1) is 16.8. The average Bonchev–Trinajstić information content (AvgIpc) is 2.69. The summed E-state index contributed by atoms with van der Waals surface area (Å²) < 4.78 is 17.1. The van der Waals surface area contributed by atoms with Crippen molar-refractivity contribution in [1.82, 2.24) is 9.97 Å². The quantitative estimate of drug-likeness (QED) is 0.765. The SMILES string of the molecule is C[C@@H]1Oc2ccccc2O[C@H]1C(=O)Nc1ccc(Oc2ncccn2)cc1. The van der Waals surface area contributed by atoms with Gasteiger partial charge >= 0.3 is 6.01 Å². The van der Waals surface area contributed by atoms with Crippen molar-refractivity contribution >= 4 is 11.6 Å². The van der Waals surface area contributed by atoms with Crippen LogP contribution >= 0.6 is 0 Å². The Kier molecular flexibility index (Phi) is 4.57. The maximum Gasteiger partial charge on any atom is 0.321 e. The smallest absolute Gasteiger partial charge is 0.321 e. The highest BCUT2D eigenvalue weighted by Crippen LogP contribution is 2.33. The summed E-state index contributed by atoms with van der Waals surface area (Å²) in [5, 5.41) is 2.83.